The molecule has 0 saturated carbocycles. The van der Waals surface area contributed by atoms with Crippen molar-refractivity contribution in [3.63, 3.8) is 0 Å². The van der Waals surface area contributed by atoms with Crippen molar-refractivity contribution in [2.45, 2.75) is 39.3 Å². The van der Waals surface area contributed by atoms with Crippen LogP contribution < -0.4 is 5.32 Å². The van der Waals surface area contributed by atoms with E-state index in [-0.39, 0.29) is 29.9 Å². The Hall–Kier alpha value is -1.86. The second-order valence-corrected chi connectivity index (χ2v) is 9.33. The number of hydrogen-bond donors (Lipinski definition) is 1. The van der Waals surface area contributed by atoms with Crippen molar-refractivity contribution >= 4 is 27.3 Å². The molecule has 1 fully saturated rings. The van der Waals surface area contributed by atoms with Gasteiger partial charge in [-0.25, -0.2) is 8.42 Å². The van der Waals surface area contributed by atoms with Crippen molar-refractivity contribution in [2.75, 3.05) is 11.5 Å². The summed E-state index contributed by atoms with van der Waals surface area (Å²) in [5, 5.41) is 7.99. The maximum atomic E-state index is 12.3. The van der Waals surface area contributed by atoms with Crippen LogP contribution in [0.3, 0.4) is 0 Å². The number of rotatable bonds is 5. The summed E-state index contributed by atoms with van der Waals surface area (Å²) in [5.41, 5.74) is 3.34. The second kappa shape index (κ2) is 7.40. The predicted octanol–water partition coefficient (Wildman–Crippen LogP) is 2.37. The molecule has 0 radical (unpaired) electrons. The largest absolute Gasteiger partial charge is 0.352 e. The van der Waals surface area contributed by atoms with Gasteiger partial charge in [-0.15, -0.1) is 0 Å². The molecule has 0 aliphatic carbocycles. The molecule has 0 spiro atoms. The fraction of sp³-hybridized carbons (Fsp3) is 0.444. The Balaban J connectivity index is 1.68. The van der Waals surface area contributed by atoms with Gasteiger partial charge >= 0.3 is 0 Å². The second-order valence-electron chi connectivity index (χ2n) is 6.70. The first-order chi connectivity index (χ1) is 12.3. The van der Waals surface area contributed by atoms with E-state index in [1.807, 2.05) is 32.0 Å². The van der Waals surface area contributed by atoms with E-state index in [4.69, 9.17) is 11.6 Å². The molecule has 2 aromatic rings. The van der Waals surface area contributed by atoms with Crippen molar-refractivity contribution in [3.8, 4) is 0 Å². The Kier molecular flexibility index (Phi) is 5.39. The summed E-state index contributed by atoms with van der Waals surface area (Å²) in [6.07, 6.45) is 0.782. The average molecular weight is 396 g/mol. The summed E-state index contributed by atoms with van der Waals surface area (Å²) < 4.78 is 25.2. The van der Waals surface area contributed by atoms with Crippen LogP contribution in [0.5, 0.6) is 0 Å². The van der Waals surface area contributed by atoms with Gasteiger partial charge in [0.05, 0.1) is 29.7 Å². The number of carbonyl (C=O) groups excluding carboxylic acids is 1. The van der Waals surface area contributed by atoms with E-state index in [2.05, 4.69) is 10.4 Å². The minimum atomic E-state index is -2.98. The van der Waals surface area contributed by atoms with Gasteiger partial charge in [-0.3, -0.25) is 9.48 Å². The zero-order valence-corrected chi connectivity index (χ0v) is 16.4. The third-order valence-electron chi connectivity index (χ3n) is 4.80. The van der Waals surface area contributed by atoms with E-state index in [9.17, 15) is 13.2 Å². The smallest absolute Gasteiger partial charge is 0.224 e. The monoisotopic (exact) mass is 395 g/mol. The van der Waals surface area contributed by atoms with Gasteiger partial charge in [-0.05, 0) is 31.9 Å². The van der Waals surface area contributed by atoms with Crippen LogP contribution in [0.1, 0.15) is 35.0 Å². The van der Waals surface area contributed by atoms with Crippen molar-refractivity contribution < 1.29 is 13.2 Å². The molecule has 1 aromatic carbocycles. The Bertz CT molecular complexity index is 937. The van der Waals surface area contributed by atoms with Crippen molar-refractivity contribution in [3.05, 3.63) is 51.8 Å². The quantitative estimate of drug-likeness (QED) is 0.842. The van der Waals surface area contributed by atoms with Gasteiger partial charge in [0, 0.05) is 22.8 Å². The van der Waals surface area contributed by atoms with Gasteiger partial charge in [-0.2, -0.15) is 5.10 Å². The van der Waals surface area contributed by atoms with Gasteiger partial charge in [0.2, 0.25) is 5.91 Å². The maximum absolute atomic E-state index is 12.3. The lowest BCUT2D eigenvalue weighted by molar-refractivity contribution is -0.120. The highest BCUT2D eigenvalue weighted by molar-refractivity contribution is 7.91. The molecule has 1 saturated heterocycles. The molecule has 26 heavy (non-hydrogen) atoms. The molecule has 1 N–H and O–H groups in total. The molecule has 6 nitrogen and oxygen atoms in total. The van der Waals surface area contributed by atoms with Crippen LogP contribution in [-0.4, -0.2) is 35.6 Å². The van der Waals surface area contributed by atoms with Gasteiger partial charge in [0.1, 0.15) is 0 Å². The summed E-state index contributed by atoms with van der Waals surface area (Å²) in [6, 6.07) is 7.24. The first-order valence-electron chi connectivity index (χ1n) is 8.52. The highest BCUT2D eigenvalue weighted by Crippen LogP contribution is 2.27. The number of aryl methyl sites for hydroxylation is 1. The Morgan fingerprint density at radius 2 is 2.08 bits per heavy atom. The molecule has 1 aliphatic rings. The molecule has 3 rings (SSSR count). The fourth-order valence-corrected chi connectivity index (χ4v) is 5.23. The number of carbonyl (C=O) groups is 1. The summed E-state index contributed by atoms with van der Waals surface area (Å²) in [5.74, 6) is 0.200. The highest BCUT2D eigenvalue weighted by atomic mass is 35.5. The maximum Gasteiger partial charge on any atom is 0.224 e. The Morgan fingerprint density at radius 3 is 2.73 bits per heavy atom. The minimum absolute atomic E-state index is 0.116. The molecule has 1 atom stereocenters. The molecule has 0 bridgehead atoms. The van der Waals surface area contributed by atoms with E-state index in [1.54, 1.807) is 10.7 Å². The molecule has 1 amide bonds. The number of halogens is 1. The highest BCUT2D eigenvalue weighted by Gasteiger charge is 2.31. The number of nitrogens with one attached hydrogen (secondary N) is 1. The third-order valence-corrected chi connectivity index (χ3v) is 6.92. The van der Waals surface area contributed by atoms with Crippen molar-refractivity contribution in [2.24, 2.45) is 0 Å². The molecular weight excluding hydrogens is 374 g/mol. The number of benzene rings is 1. The lowest BCUT2D eigenvalue weighted by Crippen LogP contribution is -2.25. The van der Waals surface area contributed by atoms with Crippen LogP contribution >= 0.6 is 11.6 Å². The summed E-state index contributed by atoms with van der Waals surface area (Å²) in [6.45, 7) is 4.11. The standard InChI is InChI=1S/C18H22ClN3O3S/c1-12-16(9-18(23)20-10-14-5-3-4-6-17(14)19)13(2)22(21-12)15-7-8-26(24,25)11-15/h3-6,15H,7-11H2,1-2H3,(H,20,23)/t15-/m1/s1. The fourth-order valence-electron chi connectivity index (χ4n) is 3.34. The van der Waals surface area contributed by atoms with Crippen LogP contribution in [0.2, 0.25) is 5.02 Å². The van der Waals surface area contributed by atoms with E-state index in [0.29, 0.717) is 18.0 Å². The number of amides is 1. The molecule has 1 aliphatic heterocycles. The first kappa shape index (κ1) is 18.9. The van der Waals surface area contributed by atoms with E-state index in [0.717, 1.165) is 22.5 Å². The van der Waals surface area contributed by atoms with Gasteiger partial charge in [0.15, 0.2) is 9.84 Å². The van der Waals surface area contributed by atoms with Crippen LogP contribution in [0.4, 0.5) is 0 Å². The molecule has 0 unspecified atom stereocenters. The van der Waals surface area contributed by atoms with Gasteiger partial charge < -0.3 is 5.32 Å². The molecule has 2 heterocycles. The zero-order valence-electron chi connectivity index (χ0n) is 14.8. The van der Waals surface area contributed by atoms with Crippen LogP contribution in [0, 0.1) is 13.8 Å². The average Bonchev–Trinajstić information content (AvgIpc) is 3.07. The third kappa shape index (κ3) is 4.10. The number of hydrogen-bond acceptors (Lipinski definition) is 4. The first-order valence-corrected chi connectivity index (χ1v) is 10.7. The van der Waals surface area contributed by atoms with Gasteiger partial charge in [0.25, 0.3) is 0 Å². The number of nitrogens with zero attached hydrogens (tertiary/aromatic N) is 2. The molecular formula is C18H22ClN3O3S. The topological polar surface area (TPSA) is 81.1 Å². The lowest BCUT2D eigenvalue weighted by Gasteiger charge is -2.11. The zero-order chi connectivity index (χ0) is 18.9. The van der Waals surface area contributed by atoms with Crippen LogP contribution in [0.25, 0.3) is 0 Å². The van der Waals surface area contributed by atoms with Crippen LogP contribution in [-0.2, 0) is 27.6 Å². The van der Waals surface area contributed by atoms with Crippen molar-refractivity contribution in [1.29, 1.82) is 0 Å². The molecule has 1 aromatic heterocycles. The van der Waals surface area contributed by atoms with E-state index < -0.39 is 9.84 Å². The summed E-state index contributed by atoms with van der Waals surface area (Å²) in [4.78, 5) is 12.3. The summed E-state index contributed by atoms with van der Waals surface area (Å²) in [7, 11) is -2.98. The Morgan fingerprint density at radius 1 is 1.35 bits per heavy atom. The van der Waals surface area contributed by atoms with Crippen molar-refractivity contribution in [1.82, 2.24) is 15.1 Å². The number of sulfone groups is 1. The molecule has 8 heteroatoms. The van der Waals surface area contributed by atoms with Crippen LogP contribution in [0.15, 0.2) is 24.3 Å². The normalized spacial score (nSPS) is 18.8. The molecule has 140 valence electrons. The van der Waals surface area contributed by atoms with Gasteiger partial charge in [-0.1, -0.05) is 29.8 Å². The minimum Gasteiger partial charge on any atom is -0.352 e. The van der Waals surface area contributed by atoms with E-state index >= 15 is 0 Å². The predicted molar refractivity (Wildman–Crippen MR) is 101 cm³/mol. The summed E-state index contributed by atoms with van der Waals surface area (Å²) >= 11 is 6.10. The SMILES string of the molecule is Cc1nn([C@@H]2CCS(=O)(=O)C2)c(C)c1CC(=O)NCc1ccccc1Cl. The van der Waals surface area contributed by atoms with E-state index in [1.165, 1.54) is 0 Å². The Labute approximate surface area is 158 Å². The number of aromatic nitrogens is 2. The lowest BCUT2D eigenvalue weighted by atomic mass is 10.1.